The second-order valence-corrected chi connectivity index (χ2v) is 7.31. The minimum absolute atomic E-state index is 0.113. The van der Waals surface area contributed by atoms with Gasteiger partial charge in [-0.05, 0) is 34.3 Å². The maximum Gasteiger partial charge on any atom is 0.264 e. The Labute approximate surface area is 129 Å². The molecule has 0 saturated heterocycles. The van der Waals surface area contributed by atoms with Crippen molar-refractivity contribution >= 4 is 39.9 Å². The number of nitrogens with zero attached hydrogens (tertiary/aromatic N) is 1. The SMILES string of the molecule is O=C(c1cccs1)N(Cc1cccs1)Cc1cccs1. The number of rotatable bonds is 5. The van der Waals surface area contributed by atoms with E-state index in [2.05, 4.69) is 12.1 Å². The molecule has 2 nitrogen and oxygen atoms in total. The van der Waals surface area contributed by atoms with Gasteiger partial charge in [-0.1, -0.05) is 18.2 Å². The molecular formula is C15H13NOS3. The monoisotopic (exact) mass is 319 g/mol. The number of hydrogen-bond donors (Lipinski definition) is 0. The normalized spacial score (nSPS) is 10.6. The van der Waals surface area contributed by atoms with Crippen molar-refractivity contribution in [1.29, 1.82) is 0 Å². The Morgan fingerprint density at radius 1 is 0.850 bits per heavy atom. The second kappa shape index (κ2) is 6.35. The lowest BCUT2D eigenvalue weighted by molar-refractivity contribution is 0.0738. The first-order chi connectivity index (χ1) is 9.83. The zero-order chi connectivity index (χ0) is 13.8. The number of thiophene rings is 3. The van der Waals surface area contributed by atoms with Gasteiger partial charge in [0, 0.05) is 9.75 Å². The largest absolute Gasteiger partial charge is 0.328 e. The number of carbonyl (C=O) groups excluding carboxylic acids is 1. The van der Waals surface area contributed by atoms with Crippen LogP contribution in [0.5, 0.6) is 0 Å². The Kier molecular flexibility index (Phi) is 4.30. The van der Waals surface area contributed by atoms with Crippen LogP contribution in [-0.4, -0.2) is 10.8 Å². The van der Waals surface area contributed by atoms with E-state index < -0.39 is 0 Å². The lowest BCUT2D eigenvalue weighted by atomic mass is 10.3. The molecule has 3 aromatic rings. The van der Waals surface area contributed by atoms with Gasteiger partial charge < -0.3 is 4.90 Å². The van der Waals surface area contributed by atoms with Gasteiger partial charge in [0.25, 0.3) is 5.91 Å². The lowest BCUT2D eigenvalue weighted by Crippen LogP contribution is -2.28. The topological polar surface area (TPSA) is 20.3 Å². The van der Waals surface area contributed by atoms with Crippen molar-refractivity contribution < 1.29 is 4.79 Å². The molecule has 0 radical (unpaired) electrons. The zero-order valence-electron chi connectivity index (χ0n) is 10.7. The van der Waals surface area contributed by atoms with Crippen LogP contribution in [0, 0.1) is 0 Å². The molecule has 0 fully saturated rings. The summed E-state index contributed by atoms with van der Waals surface area (Å²) in [5, 5.41) is 6.05. The van der Waals surface area contributed by atoms with Crippen LogP contribution < -0.4 is 0 Å². The number of hydrogen-bond acceptors (Lipinski definition) is 4. The summed E-state index contributed by atoms with van der Waals surface area (Å²) in [6, 6.07) is 12.0. The Morgan fingerprint density at radius 2 is 1.40 bits per heavy atom. The lowest BCUT2D eigenvalue weighted by Gasteiger charge is -2.20. The first-order valence-electron chi connectivity index (χ1n) is 6.20. The number of carbonyl (C=O) groups is 1. The molecule has 0 saturated carbocycles. The summed E-state index contributed by atoms with van der Waals surface area (Å²) in [5.74, 6) is 0.113. The van der Waals surface area contributed by atoms with E-state index in [1.165, 1.54) is 21.1 Å². The van der Waals surface area contributed by atoms with Gasteiger partial charge in [-0.25, -0.2) is 0 Å². The molecule has 0 aromatic carbocycles. The Hall–Kier alpha value is -1.43. The van der Waals surface area contributed by atoms with Crippen LogP contribution in [0.25, 0.3) is 0 Å². The summed E-state index contributed by atoms with van der Waals surface area (Å²) >= 11 is 4.88. The molecule has 0 aliphatic carbocycles. The van der Waals surface area contributed by atoms with Crippen molar-refractivity contribution in [3.05, 3.63) is 67.2 Å². The molecule has 1 amide bonds. The van der Waals surface area contributed by atoms with Crippen LogP contribution in [0.2, 0.25) is 0 Å². The van der Waals surface area contributed by atoms with Crippen molar-refractivity contribution in [2.75, 3.05) is 0 Å². The summed E-state index contributed by atoms with van der Waals surface area (Å²) in [5.41, 5.74) is 0. The van der Waals surface area contributed by atoms with Crippen LogP contribution in [0.4, 0.5) is 0 Å². The van der Waals surface area contributed by atoms with Gasteiger partial charge in [0.05, 0.1) is 18.0 Å². The van der Waals surface area contributed by atoms with E-state index in [0.29, 0.717) is 13.1 Å². The highest BCUT2D eigenvalue weighted by atomic mass is 32.1. The maximum absolute atomic E-state index is 12.6. The van der Waals surface area contributed by atoms with Crippen molar-refractivity contribution in [2.24, 2.45) is 0 Å². The molecule has 5 heteroatoms. The molecule has 3 rings (SSSR count). The van der Waals surface area contributed by atoms with E-state index in [0.717, 1.165) is 4.88 Å². The predicted molar refractivity (Wildman–Crippen MR) is 86.5 cm³/mol. The van der Waals surface area contributed by atoms with Crippen LogP contribution in [0.3, 0.4) is 0 Å². The summed E-state index contributed by atoms with van der Waals surface area (Å²) in [7, 11) is 0. The van der Waals surface area contributed by atoms with Gasteiger partial charge in [-0.2, -0.15) is 0 Å². The quantitative estimate of drug-likeness (QED) is 0.666. The summed E-state index contributed by atoms with van der Waals surface area (Å²) in [6.07, 6.45) is 0. The molecule has 0 spiro atoms. The van der Waals surface area contributed by atoms with Gasteiger partial charge >= 0.3 is 0 Å². The Morgan fingerprint density at radius 3 is 1.85 bits per heavy atom. The molecule has 3 aromatic heterocycles. The average molecular weight is 319 g/mol. The summed E-state index contributed by atoms with van der Waals surface area (Å²) in [6.45, 7) is 1.35. The molecule has 0 aliphatic rings. The molecule has 0 unspecified atom stereocenters. The van der Waals surface area contributed by atoms with Gasteiger partial charge in [-0.15, -0.1) is 34.0 Å². The minimum atomic E-state index is 0.113. The highest BCUT2D eigenvalue weighted by molar-refractivity contribution is 7.12. The van der Waals surface area contributed by atoms with Crippen LogP contribution in [0.1, 0.15) is 19.4 Å². The Balaban J connectivity index is 1.81. The van der Waals surface area contributed by atoms with Crippen molar-refractivity contribution in [2.45, 2.75) is 13.1 Å². The van der Waals surface area contributed by atoms with Crippen molar-refractivity contribution in [1.82, 2.24) is 4.90 Å². The first kappa shape index (κ1) is 13.5. The fourth-order valence-corrected chi connectivity index (χ4v) is 4.07. The van der Waals surface area contributed by atoms with Gasteiger partial charge in [0.1, 0.15) is 0 Å². The van der Waals surface area contributed by atoms with E-state index in [1.807, 2.05) is 45.3 Å². The van der Waals surface area contributed by atoms with Gasteiger partial charge in [0.2, 0.25) is 0 Å². The predicted octanol–water partition coefficient (Wildman–Crippen LogP) is 4.71. The van der Waals surface area contributed by atoms with Gasteiger partial charge in [0.15, 0.2) is 0 Å². The van der Waals surface area contributed by atoms with Gasteiger partial charge in [-0.3, -0.25) is 4.79 Å². The molecule has 20 heavy (non-hydrogen) atoms. The van der Waals surface area contributed by atoms with Crippen molar-refractivity contribution in [3.8, 4) is 0 Å². The molecule has 0 atom stereocenters. The third-order valence-corrected chi connectivity index (χ3v) is 5.45. The fourth-order valence-electron chi connectivity index (χ4n) is 1.94. The third kappa shape index (κ3) is 3.17. The minimum Gasteiger partial charge on any atom is -0.328 e. The van der Waals surface area contributed by atoms with E-state index >= 15 is 0 Å². The van der Waals surface area contributed by atoms with E-state index in [9.17, 15) is 4.79 Å². The molecule has 3 heterocycles. The highest BCUT2D eigenvalue weighted by Gasteiger charge is 2.18. The van der Waals surface area contributed by atoms with Crippen LogP contribution in [0.15, 0.2) is 52.5 Å². The Bertz CT molecular complexity index is 605. The molecular weight excluding hydrogens is 306 g/mol. The van der Waals surface area contributed by atoms with Crippen LogP contribution in [-0.2, 0) is 13.1 Å². The molecule has 0 N–H and O–H groups in total. The van der Waals surface area contributed by atoms with Crippen molar-refractivity contribution in [3.63, 3.8) is 0 Å². The highest BCUT2D eigenvalue weighted by Crippen LogP contribution is 2.21. The summed E-state index contributed by atoms with van der Waals surface area (Å²) in [4.78, 5) is 17.8. The zero-order valence-corrected chi connectivity index (χ0v) is 13.1. The molecule has 102 valence electrons. The smallest absolute Gasteiger partial charge is 0.264 e. The molecule has 0 bridgehead atoms. The average Bonchev–Trinajstić information content (AvgIpc) is 3.20. The van der Waals surface area contributed by atoms with E-state index in [4.69, 9.17) is 0 Å². The maximum atomic E-state index is 12.6. The van der Waals surface area contributed by atoms with Crippen LogP contribution >= 0.6 is 34.0 Å². The molecule has 0 aliphatic heterocycles. The third-order valence-electron chi connectivity index (χ3n) is 2.87. The second-order valence-electron chi connectivity index (χ2n) is 4.30. The fraction of sp³-hybridized carbons (Fsp3) is 0.133. The summed E-state index contributed by atoms with van der Waals surface area (Å²) < 4.78 is 0. The standard InChI is InChI=1S/C15H13NOS3/c17-15(14-6-3-9-20-14)16(10-12-4-1-7-18-12)11-13-5-2-8-19-13/h1-9H,10-11H2. The number of amides is 1. The van der Waals surface area contributed by atoms with E-state index in [1.54, 1.807) is 22.7 Å². The first-order valence-corrected chi connectivity index (χ1v) is 8.84. The van der Waals surface area contributed by atoms with E-state index in [-0.39, 0.29) is 5.91 Å².